The van der Waals surface area contributed by atoms with E-state index in [0.29, 0.717) is 17.2 Å². The first-order valence-corrected chi connectivity index (χ1v) is 11.6. The summed E-state index contributed by atoms with van der Waals surface area (Å²) in [5, 5.41) is 8.26. The zero-order valence-corrected chi connectivity index (χ0v) is 20.5. The van der Waals surface area contributed by atoms with Crippen LogP contribution in [-0.2, 0) is 11.0 Å². The predicted molar refractivity (Wildman–Crippen MR) is 134 cm³/mol. The normalized spacial score (nSPS) is 13.3. The number of benzene rings is 3. The average molecular weight is 534 g/mol. The van der Waals surface area contributed by atoms with Crippen LogP contribution in [-0.4, -0.2) is 24.6 Å². The Hall–Kier alpha value is -3.92. The van der Waals surface area contributed by atoms with Crippen LogP contribution in [0.2, 0.25) is 5.02 Å². The number of anilines is 3. The van der Waals surface area contributed by atoms with Crippen molar-refractivity contribution in [3.63, 3.8) is 0 Å². The zero-order chi connectivity index (χ0) is 26.7. The van der Waals surface area contributed by atoms with Gasteiger partial charge in [0.15, 0.2) is 11.5 Å². The van der Waals surface area contributed by atoms with Crippen LogP contribution < -0.4 is 25.4 Å². The van der Waals surface area contributed by atoms with Crippen molar-refractivity contribution < 1.29 is 32.2 Å². The molecule has 3 N–H and O–H groups in total. The number of fused-ring (bicyclic) bond motifs is 1. The van der Waals surface area contributed by atoms with E-state index in [9.17, 15) is 22.8 Å². The molecule has 0 radical (unpaired) electrons. The smallest absolute Gasteiger partial charge is 0.416 e. The van der Waals surface area contributed by atoms with E-state index in [1.165, 1.54) is 6.07 Å². The van der Waals surface area contributed by atoms with Crippen LogP contribution in [0.25, 0.3) is 0 Å². The summed E-state index contributed by atoms with van der Waals surface area (Å²) in [4.78, 5) is 26.2. The molecule has 1 heterocycles. The number of hydrogen-bond donors (Lipinski definition) is 3. The number of hydrogen-bond acceptors (Lipinski definition) is 5. The first-order chi connectivity index (χ1) is 17.5. The minimum Gasteiger partial charge on any atom is -0.454 e. The lowest BCUT2D eigenvalue weighted by Gasteiger charge is -2.24. The summed E-state index contributed by atoms with van der Waals surface area (Å²) in [6.45, 7) is 3.64. The molecule has 1 aliphatic rings. The lowest BCUT2D eigenvalue weighted by atomic mass is 10.0. The van der Waals surface area contributed by atoms with E-state index in [0.717, 1.165) is 12.1 Å². The molecule has 3 aromatic rings. The lowest BCUT2D eigenvalue weighted by molar-refractivity contribution is -0.137. The van der Waals surface area contributed by atoms with Gasteiger partial charge >= 0.3 is 6.18 Å². The van der Waals surface area contributed by atoms with Gasteiger partial charge in [0.25, 0.3) is 5.91 Å². The quantitative estimate of drug-likeness (QED) is 0.326. The van der Waals surface area contributed by atoms with Gasteiger partial charge in [-0.05, 0) is 48.4 Å². The fourth-order valence-electron chi connectivity index (χ4n) is 3.68. The van der Waals surface area contributed by atoms with Crippen LogP contribution in [0.15, 0.2) is 60.7 Å². The van der Waals surface area contributed by atoms with Gasteiger partial charge in [-0.3, -0.25) is 9.59 Å². The molecular weight excluding hydrogens is 511 g/mol. The number of ether oxygens (including phenoxy) is 2. The second-order valence-electron chi connectivity index (χ2n) is 8.62. The van der Waals surface area contributed by atoms with E-state index in [-0.39, 0.29) is 34.7 Å². The van der Waals surface area contributed by atoms with Crippen LogP contribution in [0.4, 0.5) is 30.2 Å². The maximum absolute atomic E-state index is 13.2. The van der Waals surface area contributed by atoms with E-state index in [1.54, 1.807) is 56.3 Å². The third kappa shape index (κ3) is 6.08. The van der Waals surface area contributed by atoms with Crippen LogP contribution in [0.3, 0.4) is 0 Å². The predicted octanol–water partition coefficient (Wildman–Crippen LogP) is 6.42. The number of rotatable bonds is 7. The van der Waals surface area contributed by atoms with Crippen molar-refractivity contribution in [2.45, 2.75) is 26.1 Å². The largest absolute Gasteiger partial charge is 0.454 e. The molecule has 0 aromatic heterocycles. The molecule has 0 spiro atoms. The maximum Gasteiger partial charge on any atom is 0.416 e. The van der Waals surface area contributed by atoms with Crippen LogP contribution in [0.5, 0.6) is 11.5 Å². The minimum absolute atomic E-state index is 0.102. The summed E-state index contributed by atoms with van der Waals surface area (Å²) < 4.78 is 49.5. The first kappa shape index (κ1) is 26.2. The Morgan fingerprint density at radius 2 is 1.65 bits per heavy atom. The van der Waals surface area contributed by atoms with Crippen molar-refractivity contribution in [2.75, 3.05) is 22.7 Å². The summed E-state index contributed by atoms with van der Waals surface area (Å²) in [6.07, 6.45) is -4.54. The van der Waals surface area contributed by atoms with Gasteiger partial charge in [-0.1, -0.05) is 37.6 Å². The third-order valence-corrected chi connectivity index (χ3v) is 5.93. The number of carbonyl (C=O) groups is 2. The Labute approximate surface area is 215 Å². The highest BCUT2D eigenvalue weighted by Crippen LogP contribution is 2.35. The Bertz CT molecular complexity index is 1330. The maximum atomic E-state index is 13.2. The van der Waals surface area contributed by atoms with E-state index in [2.05, 4.69) is 16.0 Å². The van der Waals surface area contributed by atoms with Crippen molar-refractivity contribution >= 4 is 40.5 Å². The van der Waals surface area contributed by atoms with Gasteiger partial charge in [-0.15, -0.1) is 0 Å². The molecule has 0 aliphatic carbocycles. The monoisotopic (exact) mass is 533 g/mol. The van der Waals surface area contributed by atoms with E-state index < -0.39 is 29.6 Å². The fraction of sp³-hybridized carbons (Fsp3) is 0.231. The van der Waals surface area contributed by atoms with E-state index >= 15 is 0 Å². The standard InChI is InChI=1S/C26H23ClF3N3O4/c1-14(2)23(32-20-9-7-15(11-18(20)27)26(28,29)30)25(35)33-19-6-4-3-5-17(19)24(34)31-16-8-10-21-22(12-16)37-13-36-21/h3-12,14,23,32H,13H2,1-2H3,(H,31,34)(H,33,35). The van der Waals surface area contributed by atoms with Gasteiger partial charge in [0, 0.05) is 11.8 Å². The highest BCUT2D eigenvalue weighted by atomic mass is 35.5. The number of para-hydroxylation sites is 1. The summed E-state index contributed by atoms with van der Waals surface area (Å²) in [6, 6.07) is 13.4. The molecule has 2 amide bonds. The number of alkyl halides is 3. The zero-order valence-electron chi connectivity index (χ0n) is 19.8. The van der Waals surface area contributed by atoms with Crippen LogP contribution >= 0.6 is 11.6 Å². The van der Waals surface area contributed by atoms with Gasteiger partial charge in [0.2, 0.25) is 12.7 Å². The van der Waals surface area contributed by atoms with Gasteiger partial charge in [0.05, 0.1) is 27.5 Å². The van der Waals surface area contributed by atoms with Crippen molar-refractivity contribution in [3.05, 3.63) is 76.8 Å². The van der Waals surface area contributed by atoms with Crippen molar-refractivity contribution in [1.29, 1.82) is 0 Å². The summed E-state index contributed by atoms with van der Waals surface area (Å²) in [5.41, 5.74) is 0.239. The summed E-state index contributed by atoms with van der Waals surface area (Å²) in [5.74, 6) is -0.143. The molecule has 194 valence electrons. The molecule has 37 heavy (non-hydrogen) atoms. The Morgan fingerprint density at radius 3 is 2.35 bits per heavy atom. The number of carbonyl (C=O) groups excluding carboxylic acids is 2. The number of halogens is 4. The van der Waals surface area contributed by atoms with E-state index in [1.807, 2.05) is 0 Å². The van der Waals surface area contributed by atoms with Crippen LogP contribution in [0.1, 0.15) is 29.8 Å². The molecule has 1 aliphatic heterocycles. The molecule has 7 nitrogen and oxygen atoms in total. The molecule has 0 fully saturated rings. The van der Waals surface area contributed by atoms with Gasteiger partial charge in [-0.2, -0.15) is 13.2 Å². The highest BCUT2D eigenvalue weighted by molar-refractivity contribution is 6.33. The fourth-order valence-corrected chi connectivity index (χ4v) is 3.92. The second kappa shape index (κ2) is 10.6. The second-order valence-corrected chi connectivity index (χ2v) is 9.02. The molecule has 1 atom stereocenters. The van der Waals surface area contributed by atoms with Crippen molar-refractivity contribution in [3.8, 4) is 11.5 Å². The molecule has 4 rings (SSSR count). The third-order valence-electron chi connectivity index (χ3n) is 5.62. The Kier molecular flexibility index (Phi) is 7.49. The topological polar surface area (TPSA) is 88.7 Å². The van der Waals surface area contributed by atoms with Gasteiger partial charge in [0.1, 0.15) is 6.04 Å². The first-order valence-electron chi connectivity index (χ1n) is 11.3. The summed E-state index contributed by atoms with van der Waals surface area (Å²) in [7, 11) is 0. The Balaban J connectivity index is 1.50. The minimum atomic E-state index is -4.54. The SMILES string of the molecule is CC(C)C(Nc1ccc(C(F)(F)F)cc1Cl)C(=O)Nc1ccccc1C(=O)Nc1ccc2c(c1)OCO2. The van der Waals surface area contributed by atoms with E-state index in [4.69, 9.17) is 21.1 Å². The van der Waals surface area contributed by atoms with Crippen molar-refractivity contribution in [1.82, 2.24) is 0 Å². The molecule has 1 unspecified atom stereocenters. The molecule has 0 bridgehead atoms. The average Bonchev–Trinajstić information content (AvgIpc) is 3.30. The highest BCUT2D eigenvalue weighted by Gasteiger charge is 2.31. The van der Waals surface area contributed by atoms with Gasteiger partial charge < -0.3 is 25.4 Å². The molecule has 0 saturated carbocycles. The van der Waals surface area contributed by atoms with Crippen molar-refractivity contribution in [2.24, 2.45) is 5.92 Å². The number of amides is 2. The van der Waals surface area contributed by atoms with Crippen LogP contribution in [0, 0.1) is 5.92 Å². The molecule has 0 saturated heterocycles. The molecule has 3 aromatic carbocycles. The molecule has 11 heteroatoms. The van der Waals surface area contributed by atoms with Gasteiger partial charge in [-0.25, -0.2) is 0 Å². The summed E-state index contributed by atoms with van der Waals surface area (Å²) >= 11 is 6.06. The Morgan fingerprint density at radius 1 is 0.919 bits per heavy atom. The lowest BCUT2D eigenvalue weighted by Crippen LogP contribution is -2.39. The number of nitrogens with one attached hydrogen (secondary N) is 3. The molecular formula is C26H23ClF3N3O4.